The van der Waals surface area contributed by atoms with Gasteiger partial charge in [0.1, 0.15) is 12.2 Å². The Balaban J connectivity index is 2.24. The second kappa shape index (κ2) is 7.58. The maximum atomic E-state index is 6.31. The fraction of sp³-hybridized carbons (Fsp3) is 0.571. The molecule has 2 aromatic rings. The minimum absolute atomic E-state index is 0.0999. The number of rotatable bonds is 7. The van der Waals surface area contributed by atoms with Gasteiger partial charge in [0, 0.05) is 24.1 Å². The molecule has 0 radical (unpaired) electrons. The van der Waals surface area contributed by atoms with Gasteiger partial charge in [-0.25, -0.2) is 9.67 Å². The van der Waals surface area contributed by atoms with Crippen molar-refractivity contribution < 1.29 is 0 Å². The van der Waals surface area contributed by atoms with Crippen molar-refractivity contribution >= 4 is 34.5 Å². The molecule has 0 bridgehead atoms. The van der Waals surface area contributed by atoms with Gasteiger partial charge >= 0.3 is 0 Å². The van der Waals surface area contributed by atoms with Crippen LogP contribution in [-0.2, 0) is 6.42 Å². The molecule has 0 amide bonds. The average Bonchev–Trinajstić information content (AvgIpc) is 3.01. The molecule has 0 saturated carbocycles. The van der Waals surface area contributed by atoms with Crippen molar-refractivity contribution in [3.05, 3.63) is 32.5 Å². The number of aromatic nitrogens is 3. The molecule has 1 N–H and O–H groups in total. The Bertz CT molecular complexity index is 579. The molecule has 21 heavy (non-hydrogen) atoms. The Morgan fingerprint density at radius 2 is 2.14 bits per heavy atom. The topological polar surface area (TPSA) is 42.7 Å². The lowest BCUT2D eigenvalue weighted by molar-refractivity contribution is 0.463. The second-order valence-electron chi connectivity index (χ2n) is 5.20. The molecule has 0 aromatic carbocycles. The average molecular weight is 347 g/mol. The van der Waals surface area contributed by atoms with E-state index < -0.39 is 0 Å². The zero-order valence-electron chi connectivity index (χ0n) is 12.4. The predicted molar refractivity (Wildman–Crippen MR) is 89.5 cm³/mol. The van der Waals surface area contributed by atoms with Crippen molar-refractivity contribution in [2.75, 3.05) is 6.54 Å². The van der Waals surface area contributed by atoms with Gasteiger partial charge in [0.2, 0.25) is 0 Å². The van der Waals surface area contributed by atoms with Crippen LogP contribution < -0.4 is 5.32 Å². The maximum Gasteiger partial charge on any atom is 0.138 e. The SMILES string of the molecule is CCCNC(Cc1ncnn1C(C)C)c1cc(Cl)sc1Cl. The van der Waals surface area contributed by atoms with Gasteiger partial charge in [-0.1, -0.05) is 30.1 Å². The summed E-state index contributed by atoms with van der Waals surface area (Å²) in [6.45, 7) is 7.26. The fourth-order valence-electron chi connectivity index (χ4n) is 2.24. The molecule has 1 atom stereocenters. The summed E-state index contributed by atoms with van der Waals surface area (Å²) in [7, 11) is 0. The van der Waals surface area contributed by atoms with Gasteiger partial charge in [0.25, 0.3) is 0 Å². The molecule has 116 valence electrons. The van der Waals surface area contributed by atoms with E-state index in [0.29, 0.717) is 4.34 Å². The molecule has 7 heteroatoms. The van der Waals surface area contributed by atoms with Crippen LogP contribution in [0.15, 0.2) is 12.4 Å². The van der Waals surface area contributed by atoms with Gasteiger partial charge in [-0.3, -0.25) is 0 Å². The minimum atomic E-state index is 0.0999. The van der Waals surface area contributed by atoms with E-state index in [4.69, 9.17) is 23.2 Å². The fourth-order valence-corrected chi connectivity index (χ4v) is 3.81. The Morgan fingerprint density at radius 3 is 2.71 bits per heavy atom. The molecule has 0 aliphatic heterocycles. The highest BCUT2D eigenvalue weighted by Crippen LogP contribution is 2.36. The van der Waals surface area contributed by atoms with Gasteiger partial charge in [-0.15, -0.1) is 11.3 Å². The lowest BCUT2D eigenvalue weighted by Gasteiger charge is -2.19. The monoisotopic (exact) mass is 346 g/mol. The van der Waals surface area contributed by atoms with E-state index in [1.807, 2.05) is 10.7 Å². The smallest absolute Gasteiger partial charge is 0.138 e. The van der Waals surface area contributed by atoms with E-state index in [9.17, 15) is 0 Å². The van der Waals surface area contributed by atoms with Crippen molar-refractivity contribution in [1.82, 2.24) is 20.1 Å². The number of thiophene rings is 1. The van der Waals surface area contributed by atoms with Gasteiger partial charge in [-0.2, -0.15) is 5.10 Å². The van der Waals surface area contributed by atoms with Crippen LogP contribution in [0.25, 0.3) is 0 Å². The van der Waals surface area contributed by atoms with Crippen LogP contribution in [0.2, 0.25) is 8.67 Å². The highest BCUT2D eigenvalue weighted by Gasteiger charge is 2.20. The van der Waals surface area contributed by atoms with Crippen LogP contribution in [-0.4, -0.2) is 21.3 Å². The van der Waals surface area contributed by atoms with Crippen LogP contribution in [0.1, 0.15) is 50.7 Å². The van der Waals surface area contributed by atoms with E-state index in [1.54, 1.807) is 6.33 Å². The molecule has 0 aliphatic carbocycles. The van der Waals surface area contributed by atoms with E-state index in [0.717, 1.165) is 35.1 Å². The molecule has 0 saturated heterocycles. The first-order valence-corrected chi connectivity index (χ1v) is 8.66. The summed E-state index contributed by atoms with van der Waals surface area (Å²) in [5.41, 5.74) is 1.04. The molecule has 0 aliphatic rings. The van der Waals surface area contributed by atoms with Gasteiger partial charge < -0.3 is 5.32 Å². The molecule has 0 fully saturated rings. The van der Waals surface area contributed by atoms with Gasteiger partial charge in [-0.05, 0) is 32.9 Å². The maximum absolute atomic E-state index is 6.31. The number of nitrogens with zero attached hydrogens (tertiary/aromatic N) is 3. The van der Waals surface area contributed by atoms with Crippen LogP contribution in [0.5, 0.6) is 0 Å². The molecular weight excluding hydrogens is 327 g/mol. The predicted octanol–water partition coefficient (Wildman–Crippen LogP) is 4.51. The lowest BCUT2D eigenvalue weighted by atomic mass is 10.1. The van der Waals surface area contributed by atoms with E-state index in [1.165, 1.54) is 11.3 Å². The van der Waals surface area contributed by atoms with E-state index >= 15 is 0 Å². The zero-order valence-corrected chi connectivity index (χ0v) is 14.8. The molecule has 2 heterocycles. The Labute approximate surface area is 139 Å². The third-order valence-electron chi connectivity index (χ3n) is 3.22. The third kappa shape index (κ3) is 4.19. The number of hydrogen-bond acceptors (Lipinski definition) is 4. The van der Waals surface area contributed by atoms with Gasteiger partial charge in [0.15, 0.2) is 0 Å². The van der Waals surface area contributed by atoms with Crippen LogP contribution in [0, 0.1) is 0 Å². The normalized spacial score (nSPS) is 13.0. The first-order valence-electron chi connectivity index (χ1n) is 7.09. The second-order valence-corrected chi connectivity index (χ2v) is 7.49. The summed E-state index contributed by atoms with van der Waals surface area (Å²) in [5, 5.41) is 7.82. The van der Waals surface area contributed by atoms with Crippen LogP contribution >= 0.6 is 34.5 Å². The molecule has 2 rings (SSSR count). The summed E-state index contributed by atoms with van der Waals surface area (Å²) in [6, 6.07) is 2.33. The van der Waals surface area contributed by atoms with Crippen molar-refractivity contribution in [2.45, 2.75) is 45.7 Å². The van der Waals surface area contributed by atoms with E-state index in [-0.39, 0.29) is 12.1 Å². The number of nitrogens with one attached hydrogen (secondary N) is 1. The highest BCUT2D eigenvalue weighted by molar-refractivity contribution is 7.20. The summed E-state index contributed by atoms with van der Waals surface area (Å²) in [5.74, 6) is 0.956. The number of halogens is 2. The van der Waals surface area contributed by atoms with Crippen molar-refractivity contribution in [3.8, 4) is 0 Å². The van der Waals surface area contributed by atoms with Crippen molar-refractivity contribution in [2.24, 2.45) is 0 Å². The molecule has 4 nitrogen and oxygen atoms in total. The molecule has 0 spiro atoms. The Kier molecular flexibility index (Phi) is 6.05. The first-order chi connectivity index (χ1) is 10.0. The van der Waals surface area contributed by atoms with Gasteiger partial charge in [0.05, 0.1) is 8.67 Å². The van der Waals surface area contributed by atoms with Crippen molar-refractivity contribution in [3.63, 3.8) is 0 Å². The summed E-state index contributed by atoms with van der Waals surface area (Å²) < 4.78 is 3.40. The summed E-state index contributed by atoms with van der Waals surface area (Å²) in [4.78, 5) is 4.39. The highest BCUT2D eigenvalue weighted by atomic mass is 35.5. The molecular formula is C14H20Cl2N4S. The Morgan fingerprint density at radius 1 is 1.38 bits per heavy atom. The quantitative estimate of drug-likeness (QED) is 0.801. The van der Waals surface area contributed by atoms with E-state index in [2.05, 4.69) is 36.2 Å². The largest absolute Gasteiger partial charge is 0.309 e. The third-order valence-corrected chi connectivity index (χ3v) is 4.74. The van der Waals surface area contributed by atoms with Crippen molar-refractivity contribution in [1.29, 1.82) is 0 Å². The standard InChI is InChI=1S/C14H20Cl2N4S/c1-4-5-17-11(10-6-12(15)21-14(10)16)7-13-18-8-19-20(13)9(2)3/h6,8-9,11,17H,4-5,7H2,1-3H3. The summed E-state index contributed by atoms with van der Waals surface area (Å²) in [6.07, 6.45) is 3.40. The minimum Gasteiger partial charge on any atom is -0.309 e. The zero-order chi connectivity index (χ0) is 15.4. The van der Waals surface area contributed by atoms with Crippen LogP contribution in [0.4, 0.5) is 0 Å². The summed E-state index contributed by atoms with van der Waals surface area (Å²) >= 11 is 13.8. The number of hydrogen-bond donors (Lipinski definition) is 1. The first kappa shape index (κ1) is 16.7. The lowest BCUT2D eigenvalue weighted by Crippen LogP contribution is -2.25. The molecule has 1 unspecified atom stereocenters. The van der Waals surface area contributed by atoms with Crippen LogP contribution in [0.3, 0.4) is 0 Å². The molecule has 2 aromatic heterocycles. The Hall–Kier alpha value is -0.620.